The lowest BCUT2D eigenvalue weighted by Gasteiger charge is -2.17. The van der Waals surface area contributed by atoms with Gasteiger partial charge >= 0.3 is 0 Å². The molecule has 1 aliphatic heterocycles. The number of amides is 1. The van der Waals surface area contributed by atoms with Crippen LogP contribution in [-0.4, -0.2) is 29.9 Å². The SMILES string of the molecule is NC1CCN(C(=O)C2CC2c2ccc(C(F)F)cc2-c2ccccc2)C1. The summed E-state index contributed by atoms with van der Waals surface area (Å²) in [4.78, 5) is 14.6. The molecule has 0 spiro atoms. The Morgan fingerprint density at radius 1 is 1.15 bits per heavy atom. The molecule has 0 bridgehead atoms. The van der Waals surface area contributed by atoms with Crippen molar-refractivity contribution in [1.29, 1.82) is 0 Å². The van der Waals surface area contributed by atoms with Crippen molar-refractivity contribution >= 4 is 5.91 Å². The van der Waals surface area contributed by atoms with Gasteiger partial charge in [-0.15, -0.1) is 0 Å². The van der Waals surface area contributed by atoms with Crippen molar-refractivity contribution in [2.45, 2.75) is 31.2 Å². The third-order valence-corrected chi connectivity index (χ3v) is 5.46. The molecule has 2 aromatic carbocycles. The third-order valence-electron chi connectivity index (χ3n) is 5.46. The van der Waals surface area contributed by atoms with Crippen molar-refractivity contribution < 1.29 is 13.6 Å². The lowest BCUT2D eigenvalue weighted by atomic mass is 9.94. The minimum absolute atomic E-state index is 0.0154. The van der Waals surface area contributed by atoms with Gasteiger partial charge in [0, 0.05) is 30.6 Å². The lowest BCUT2D eigenvalue weighted by molar-refractivity contribution is -0.131. The van der Waals surface area contributed by atoms with E-state index in [0.29, 0.717) is 6.54 Å². The summed E-state index contributed by atoms with van der Waals surface area (Å²) < 4.78 is 26.4. The van der Waals surface area contributed by atoms with E-state index in [0.717, 1.165) is 36.1 Å². The summed E-state index contributed by atoms with van der Waals surface area (Å²) in [6.07, 6.45) is -0.880. The number of alkyl halides is 2. The highest BCUT2D eigenvalue weighted by Crippen LogP contribution is 2.51. The van der Waals surface area contributed by atoms with Crippen LogP contribution in [0.5, 0.6) is 0 Å². The minimum Gasteiger partial charge on any atom is -0.341 e. The maximum atomic E-state index is 13.2. The number of carbonyl (C=O) groups is 1. The third kappa shape index (κ3) is 3.23. The van der Waals surface area contributed by atoms with E-state index in [4.69, 9.17) is 5.73 Å². The van der Waals surface area contributed by atoms with Crippen LogP contribution in [0.1, 0.15) is 36.3 Å². The minimum atomic E-state index is -2.51. The van der Waals surface area contributed by atoms with Crippen LogP contribution in [0.4, 0.5) is 8.78 Å². The van der Waals surface area contributed by atoms with Crippen molar-refractivity contribution in [1.82, 2.24) is 4.90 Å². The molecule has 0 aromatic heterocycles. The number of hydrogen-bond donors (Lipinski definition) is 1. The first kappa shape index (κ1) is 17.2. The Balaban J connectivity index is 1.62. The second-order valence-electron chi connectivity index (χ2n) is 7.30. The Labute approximate surface area is 151 Å². The Kier molecular flexibility index (Phi) is 4.49. The van der Waals surface area contributed by atoms with Gasteiger partial charge in [-0.1, -0.05) is 42.5 Å². The number of carbonyl (C=O) groups excluding carboxylic acids is 1. The van der Waals surface area contributed by atoms with Gasteiger partial charge in [-0.05, 0) is 41.5 Å². The first-order valence-corrected chi connectivity index (χ1v) is 9.06. The second kappa shape index (κ2) is 6.80. The molecule has 0 radical (unpaired) electrons. The molecule has 2 fully saturated rings. The van der Waals surface area contributed by atoms with E-state index in [2.05, 4.69) is 0 Å². The average molecular weight is 356 g/mol. The molecular formula is C21H22F2N2O. The summed E-state index contributed by atoms with van der Waals surface area (Å²) in [5.74, 6) is 0.196. The summed E-state index contributed by atoms with van der Waals surface area (Å²) in [6, 6.07) is 14.4. The zero-order valence-corrected chi connectivity index (χ0v) is 14.4. The first-order valence-electron chi connectivity index (χ1n) is 9.06. The van der Waals surface area contributed by atoms with Crippen molar-refractivity contribution in [3.8, 4) is 11.1 Å². The monoisotopic (exact) mass is 356 g/mol. The molecule has 3 nitrogen and oxygen atoms in total. The van der Waals surface area contributed by atoms with Gasteiger partial charge in [0.15, 0.2) is 0 Å². The molecular weight excluding hydrogens is 334 g/mol. The topological polar surface area (TPSA) is 46.3 Å². The van der Waals surface area contributed by atoms with Crippen molar-refractivity contribution in [2.75, 3.05) is 13.1 Å². The number of benzene rings is 2. The molecule has 3 unspecified atom stereocenters. The number of likely N-dealkylation sites (tertiary alicyclic amines) is 1. The molecule has 1 aliphatic carbocycles. The molecule has 4 rings (SSSR count). The molecule has 1 saturated heterocycles. The van der Waals surface area contributed by atoms with Crippen LogP contribution in [0.2, 0.25) is 0 Å². The molecule has 5 heteroatoms. The predicted octanol–water partition coefficient (Wildman–Crippen LogP) is 3.95. The quantitative estimate of drug-likeness (QED) is 0.901. The van der Waals surface area contributed by atoms with Gasteiger partial charge in [-0.2, -0.15) is 0 Å². The van der Waals surface area contributed by atoms with Crippen LogP contribution in [0, 0.1) is 5.92 Å². The van der Waals surface area contributed by atoms with Crippen LogP contribution < -0.4 is 5.73 Å². The van der Waals surface area contributed by atoms with E-state index in [1.165, 1.54) is 6.07 Å². The molecule has 2 N–H and O–H groups in total. The van der Waals surface area contributed by atoms with Crippen molar-refractivity contribution in [3.63, 3.8) is 0 Å². The summed E-state index contributed by atoms with van der Waals surface area (Å²) in [5, 5.41) is 0. The maximum Gasteiger partial charge on any atom is 0.263 e. The number of nitrogens with zero attached hydrogens (tertiary/aromatic N) is 1. The largest absolute Gasteiger partial charge is 0.341 e. The van der Waals surface area contributed by atoms with Crippen LogP contribution in [-0.2, 0) is 4.79 Å². The fourth-order valence-electron chi connectivity index (χ4n) is 3.93. The molecule has 136 valence electrons. The fourth-order valence-corrected chi connectivity index (χ4v) is 3.93. The normalized spacial score (nSPS) is 24.9. The van der Waals surface area contributed by atoms with Gasteiger partial charge in [0.25, 0.3) is 6.43 Å². The highest BCUT2D eigenvalue weighted by molar-refractivity contribution is 5.84. The molecule has 3 atom stereocenters. The molecule has 26 heavy (non-hydrogen) atoms. The Morgan fingerprint density at radius 2 is 1.92 bits per heavy atom. The average Bonchev–Trinajstić information content (AvgIpc) is 3.34. The summed E-state index contributed by atoms with van der Waals surface area (Å²) in [6.45, 7) is 1.34. The van der Waals surface area contributed by atoms with E-state index < -0.39 is 6.43 Å². The Bertz CT molecular complexity index is 809. The van der Waals surface area contributed by atoms with Gasteiger partial charge in [0.2, 0.25) is 5.91 Å². The van der Waals surface area contributed by atoms with E-state index >= 15 is 0 Å². The molecule has 1 saturated carbocycles. The maximum absolute atomic E-state index is 13.2. The molecule has 2 aliphatic rings. The van der Waals surface area contributed by atoms with Gasteiger partial charge in [0.05, 0.1) is 0 Å². The zero-order valence-electron chi connectivity index (χ0n) is 14.4. The smallest absolute Gasteiger partial charge is 0.263 e. The summed E-state index contributed by atoms with van der Waals surface area (Å²) >= 11 is 0. The first-order chi connectivity index (χ1) is 12.5. The molecule has 2 aromatic rings. The number of hydrogen-bond acceptors (Lipinski definition) is 2. The van der Waals surface area contributed by atoms with E-state index in [9.17, 15) is 13.6 Å². The van der Waals surface area contributed by atoms with Crippen LogP contribution in [0.25, 0.3) is 11.1 Å². The molecule has 1 amide bonds. The Hall–Kier alpha value is -2.27. The van der Waals surface area contributed by atoms with Crippen LogP contribution in [0.3, 0.4) is 0 Å². The number of nitrogens with two attached hydrogens (primary N) is 1. The number of rotatable bonds is 4. The van der Waals surface area contributed by atoms with Crippen LogP contribution in [0.15, 0.2) is 48.5 Å². The van der Waals surface area contributed by atoms with Gasteiger partial charge in [-0.25, -0.2) is 8.78 Å². The van der Waals surface area contributed by atoms with Gasteiger partial charge in [-0.3, -0.25) is 4.79 Å². The van der Waals surface area contributed by atoms with E-state index in [-0.39, 0.29) is 29.3 Å². The van der Waals surface area contributed by atoms with Gasteiger partial charge < -0.3 is 10.6 Å². The predicted molar refractivity (Wildman–Crippen MR) is 96.9 cm³/mol. The second-order valence-corrected chi connectivity index (χ2v) is 7.30. The van der Waals surface area contributed by atoms with Gasteiger partial charge in [0.1, 0.15) is 0 Å². The number of halogens is 2. The standard InChI is InChI=1S/C21H22F2N2O/c22-20(23)14-6-7-16(17(10-14)13-4-2-1-3-5-13)18-11-19(18)21(26)25-9-8-15(24)12-25/h1-7,10,15,18-20H,8-9,11-12,24H2. The highest BCUT2D eigenvalue weighted by atomic mass is 19.3. The lowest BCUT2D eigenvalue weighted by Crippen LogP contribution is -2.33. The van der Waals surface area contributed by atoms with Crippen molar-refractivity contribution in [2.24, 2.45) is 11.7 Å². The highest BCUT2D eigenvalue weighted by Gasteiger charge is 2.47. The van der Waals surface area contributed by atoms with E-state index in [1.54, 1.807) is 12.1 Å². The Morgan fingerprint density at radius 3 is 2.58 bits per heavy atom. The fraction of sp³-hybridized carbons (Fsp3) is 0.381. The summed E-state index contributed by atoms with van der Waals surface area (Å²) in [5.41, 5.74) is 8.63. The summed E-state index contributed by atoms with van der Waals surface area (Å²) in [7, 11) is 0. The van der Waals surface area contributed by atoms with E-state index in [1.807, 2.05) is 35.2 Å². The van der Waals surface area contributed by atoms with Crippen LogP contribution >= 0.6 is 0 Å². The molecule has 1 heterocycles. The zero-order chi connectivity index (χ0) is 18.3. The van der Waals surface area contributed by atoms with Crippen molar-refractivity contribution in [3.05, 3.63) is 59.7 Å².